The Kier molecular flexibility index (Phi) is 5.35. The fourth-order valence-electron chi connectivity index (χ4n) is 2.17. The number of ether oxygens (including phenoxy) is 1. The van der Waals surface area contributed by atoms with Crippen LogP contribution in [0.25, 0.3) is 0 Å². The molecule has 0 heterocycles. The van der Waals surface area contributed by atoms with Gasteiger partial charge in [0.2, 0.25) is 0 Å². The van der Waals surface area contributed by atoms with Crippen molar-refractivity contribution in [2.45, 2.75) is 6.42 Å². The second-order valence-corrected chi connectivity index (χ2v) is 4.64. The van der Waals surface area contributed by atoms with Crippen molar-refractivity contribution in [1.29, 1.82) is 0 Å². The van der Waals surface area contributed by atoms with E-state index in [1.54, 1.807) is 12.0 Å². The Balaban J connectivity index is 2.36. The van der Waals surface area contributed by atoms with Crippen LogP contribution >= 0.6 is 0 Å². The van der Waals surface area contributed by atoms with Crippen LogP contribution in [-0.2, 0) is 0 Å². The number of hydrogen-bond donors (Lipinski definition) is 1. The summed E-state index contributed by atoms with van der Waals surface area (Å²) in [6, 6.07) is 16.7. The van der Waals surface area contributed by atoms with Gasteiger partial charge in [-0.1, -0.05) is 30.3 Å². The first-order valence-electron chi connectivity index (χ1n) is 6.98. The minimum Gasteiger partial charge on any atom is -0.495 e. The Hall–Kier alpha value is -2.33. The third-order valence-corrected chi connectivity index (χ3v) is 3.23. The van der Waals surface area contributed by atoms with Crippen molar-refractivity contribution in [2.75, 3.05) is 25.1 Å². The van der Waals surface area contributed by atoms with Crippen molar-refractivity contribution in [3.63, 3.8) is 0 Å². The van der Waals surface area contributed by atoms with E-state index in [9.17, 15) is 4.79 Å². The van der Waals surface area contributed by atoms with Gasteiger partial charge >= 0.3 is 0 Å². The summed E-state index contributed by atoms with van der Waals surface area (Å²) in [6.07, 6.45) is 0.733. The summed E-state index contributed by atoms with van der Waals surface area (Å²) in [5, 5.41) is 0. The predicted molar refractivity (Wildman–Crippen MR) is 84.8 cm³/mol. The molecule has 0 aliphatic heterocycles. The lowest BCUT2D eigenvalue weighted by Gasteiger charge is -2.24. The molecule has 21 heavy (non-hydrogen) atoms. The van der Waals surface area contributed by atoms with Crippen molar-refractivity contribution in [1.82, 2.24) is 0 Å². The van der Waals surface area contributed by atoms with Gasteiger partial charge in [0, 0.05) is 12.1 Å². The van der Waals surface area contributed by atoms with E-state index in [0.717, 1.165) is 12.1 Å². The molecule has 2 aromatic carbocycles. The fraction of sp³-hybridized carbons (Fsp3) is 0.235. The molecule has 110 valence electrons. The summed E-state index contributed by atoms with van der Waals surface area (Å²) in [7, 11) is 1.60. The van der Waals surface area contributed by atoms with Gasteiger partial charge in [-0.25, -0.2) is 0 Å². The Morgan fingerprint density at radius 2 is 1.76 bits per heavy atom. The first-order chi connectivity index (χ1) is 10.3. The number of carbonyl (C=O) groups is 1. The van der Waals surface area contributed by atoms with E-state index in [1.807, 2.05) is 54.6 Å². The van der Waals surface area contributed by atoms with Crippen LogP contribution in [0.4, 0.5) is 5.69 Å². The summed E-state index contributed by atoms with van der Waals surface area (Å²) in [4.78, 5) is 14.5. The topological polar surface area (TPSA) is 55.6 Å². The monoisotopic (exact) mass is 284 g/mol. The van der Waals surface area contributed by atoms with Crippen LogP contribution in [0, 0.1) is 0 Å². The van der Waals surface area contributed by atoms with Gasteiger partial charge in [0.1, 0.15) is 5.75 Å². The molecule has 1 amide bonds. The van der Waals surface area contributed by atoms with Crippen LogP contribution < -0.4 is 15.4 Å². The van der Waals surface area contributed by atoms with Gasteiger partial charge < -0.3 is 15.4 Å². The van der Waals surface area contributed by atoms with E-state index in [-0.39, 0.29) is 5.91 Å². The molecule has 0 aromatic heterocycles. The molecule has 0 radical (unpaired) electrons. The zero-order valence-corrected chi connectivity index (χ0v) is 12.2. The molecule has 0 unspecified atom stereocenters. The number of nitrogens with two attached hydrogens (primary N) is 1. The number of benzene rings is 2. The lowest BCUT2D eigenvalue weighted by Crippen LogP contribution is -2.33. The van der Waals surface area contributed by atoms with Crippen LogP contribution in [0.1, 0.15) is 16.8 Å². The molecular formula is C17H20N2O2. The zero-order valence-electron chi connectivity index (χ0n) is 12.2. The highest BCUT2D eigenvalue weighted by atomic mass is 16.5. The maximum atomic E-state index is 12.7. The standard InChI is InChI=1S/C17H20N2O2/c1-21-16-11-6-5-10-15(16)19(13-7-12-18)17(20)14-8-3-2-4-9-14/h2-6,8-11H,7,12-13,18H2,1H3. The molecule has 2 rings (SSSR count). The zero-order chi connectivity index (χ0) is 15.1. The van der Waals surface area contributed by atoms with E-state index in [0.29, 0.717) is 24.4 Å². The summed E-state index contributed by atoms with van der Waals surface area (Å²) >= 11 is 0. The fourth-order valence-corrected chi connectivity index (χ4v) is 2.17. The first-order valence-corrected chi connectivity index (χ1v) is 6.98. The van der Waals surface area contributed by atoms with Crippen LogP contribution in [0.3, 0.4) is 0 Å². The third-order valence-electron chi connectivity index (χ3n) is 3.23. The number of para-hydroxylation sites is 2. The molecule has 0 fully saturated rings. The minimum absolute atomic E-state index is 0.0476. The van der Waals surface area contributed by atoms with E-state index in [4.69, 9.17) is 10.5 Å². The highest BCUT2D eigenvalue weighted by molar-refractivity contribution is 6.06. The Bertz CT molecular complexity index is 584. The Morgan fingerprint density at radius 3 is 2.43 bits per heavy atom. The number of nitrogens with zero attached hydrogens (tertiary/aromatic N) is 1. The normalized spacial score (nSPS) is 10.2. The molecule has 0 aliphatic carbocycles. The van der Waals surface area contributed by atoms with E-state index < -0.39 is 0 Å². The summed E-state index contributed by atoms with van der Waals surface area (Å²) in [5.41, 5.74) is 7.01. The molecule has 0 bridgehead atoms. The summed E-state index contributed by atoms with van der Waals surface area (Å²) in [6.45, 7) is 1.10. The van der Waals surface area contributed by atoms with Crippen LogP contribution in [-0.4, -0.2) is 26.1 Å². The summed E-state index contributed by atoms with van der Waals surface area (Å²) < 4.78 is 5.37. The maximum Gasteiger partial charge on any atom is 0.258 e. The molecule has 0 atom stereocenters. The second kappa shape index (κ2) is 7.45. The highest BCUT2D eigenvalue weighted by Gasteiger charge is 2.19. The number of hydrogen-bond acceptors (Lipinski definition) is 3. The first kappa shape index (κ1) is 15.1. The number of methoxy groups -OCH3 is 1. The highest BCUT2D eigenvalue weighted by Crippen LogP contribution is 2.29. The molecule has 2 aromatic rings. The van der Waals surface area contributed by atoms with Gasteiger partial charge in [0.25, 0.3) is 5.91 Å². The van der Waals surface area contributed by atoms with Gasteiger partial charge in [0.15, 0.2) is 0 Å². The SMILES string of the molecule is COc1ccccc1N(CCCN)C(=O)c1ccccc1. The van der Waals surface area contributed by atoms with Crippen molar-refractivity contribution in [3.8, 4) is 5.75 Å². The number of rotatable bonds is 6. The van der Waals surface area contributed by atoms with Crippen molar-refractivity contribution >= 4 is 11.6 Å². The van der Waals surface area contributed by atoms with E-state index >= 15 is 0 Å². The molecule has 2 N–H and O–H groups in total. The van der Waals surface area contributed by atoms with E-state index in [1.165, 1.54) is 0 Å². The third kappa shape index (κ3) is 3.61. The lowest BCUT2D eigenvalue weighted by molar-refractivity contribution is 0.0986. The van der Waals surface area contributed by atoms with Crippen LogP contribution in [0.5, 0.6) is 5.75 Å². The number of anilines is 1. The smallest absolute Gasteiger partial charge is 0.258 e. The molecule has 0 spiro atoms. The molecule has 4 heteroatoms. The largest absolute Gasteiger partial charge is 0.495 e. The summed E-state index contributed by atoms with van der Waals surface area (Å²) in [5.74, 6) is 0.632. The van der Waals surface area contributed by atoms with Gasteiger partial charge in [-0.3, -0.25) is 4.79 Å². The maximum absolute atomic E-state index is 12.7. The van der Waals surface area contributed by atoms with Crippen molar-refractivity contribution in [3.05, 3.63) is 60.2 Å². The van der Waals surface area contributed by atoms with Crippen molar-refractivity contribution in [2.24, 2.45) is 5.73 Å². The van der Waals surface area contributed by atoms with Crippen molar-refractivity contribution < 1.29 is 9.53 Å². The van der Waals surface area contributed by atoms with E-state index in [2.05, 4.69) is 0 Å². The molecule has 0 aliphatic rings. The minimum atomic E-state index is -0.0476. The van der Waals surface area contributed by atoms with Crippen LogP contribution in [0.2, 0.25) is 0 Å². The molecule has 4 nitrogen and oxygen atoms in total. The second-order valence-electron chi connectivity index (χ2n) is 4.64. The average Bonchev–Trinajstić information content (AvgIpc) is 2.56. The van der Waals surface area contributed by atoms with Gasteiger partial charge in [-0.15, -0.1) is 0 Å². The lowest BCUT2D eigenvalue weighted by atomic mass is 10.1. The quantitative estimate of drug-likeness (QED) is 0.887. The Morgan fingerprint density at radius 1 is 1.10 bits per heavy atom. The molecule has 0 saturated heterocycles. The average molecular weight is 284 g/mol. The molecular weight excluding hydrogens is 264 g/mol. The van der Waals surface area contributed by atoms with Crippen LogP contribution in [0.15, 0.2) is 54.6 Å². The van der Waals surface area contributed by atoms with Gasteiger partial charge in [0.05, 0.1) is 12.8 Å². The van der Waals surface area contributed by atoms with Gasteiger partial charge in [-0.05, 0) is 37.2 Å². The predicted octanol–water partition coefficient (Wildman–Crippen LogP) is 2.69. The number of carbonyl (C=O) groups excluding carboxylic acids is 1. The van der Waals surface area contributed by atoms with Gasteiger partial charge in [-0.2, -0.15) is 0 Å². The number of amides is 1. The molecule has 0 saturated carbocycles. The Labute approximate surface area is 125 Å².